The Balaban J connectivity index is 2.05. The van der Waals surface area contributed by atoms with E-state index in [4.69, 9.17) is 9.47 Å². The molecule has 0 aliphatic heterocycles. The smallest absolute Gasteiger partial charge is 0.319 e. The Morgan fingerprint density at radius 3 is 2.40 bits per heavy atom. The fourth-order valence-electron chi connectivity index (χ4n) is 2.26. The van der Waals surface area contributed by atoms with Crippen LogP contribution >= 0.6 is 0 Å². The molecule has 25 heavy (non-hydrogen) atoms. The lowest BCUT2D eigenvalue weighted by Crippen LogP contribution is -2.50. The van der Waals surface area contributed by atoms with Gasteiger partial charge in [-0.3, -0.25) is 0 Å². The molecule has 0 radical (unpaired) electrons. The maximum atomic E-state index is 12.1. The van der Waals surface area contributed by atoms with Crippen LogP contribution < -0.4 is 25.2 Å². The molecular formula is C18H19N2O5-. The molecule has 2 rings (SSSR count). The lowest BCUT2D eigenvalue weighted by Gasteiger charge is -2.20. The zero-order valence-electron chi connectivity index (χ0n) is 13.9. The average molecular weight is 343 g/mol. The Hall–Kier alpha value is -3.22. The number of aliphatic carboxylic acids is 1. The number of amides is 2. The molecule has 0 unspecified atom stereocenters. The molecule has 0 heterocycles. The largest absolute Gasteiger partial charge is 0.548 e. The summed E-state index contributed by atoms with van der Waals surface area (Å²) in [6, 6.07) is 12.0. The molecule has 0 aromatic heterocycles. The molecule has 2 aromatic carbocycles. The molecule has 2 amide bonds. The lowest BCUT2D eigenvalue weighted by molar-refractivity contribution is -0.308. The minimum atomic E-state index is -1.36. The van der Waals surface area contributed by atoms with Crippen LogP contribution in [0.5, 0.6) is 11.5 Å². The van der Waals surface area contributed by atoms with Crippen molar-refractivity contribution in [3.05, 3.63) is 54.1 Å². The SMILES string of the molecule is COc1ccc(NC(=O)N[C@@H](Cc2ccccc2)C(=O)[O-])c(OC)c1. The van der Waals surface area contributed by atoms with Crippen molar-refractivity contribution in [1.29, 1.82) is 0 Å². The molecule has 0 aliphatic rings. The standard InChI is InChI=1S/C18H20N2O5/c1-24-13-8-9-14(16(11-13)25-2)19-18(23)20-15(17(21)22)10-12-6-4-3-5-7-12/h3-9,11,15H,10H2,1-2H3,(H,21,22)(H2,19,20,23)/p-1/t15-/m0/s1. The molecular weight excluding hydrogens is 324 g/mol. The van der Waals surface area contributed by atoms with Crippen molar-refractivity contribution in [3.8, 4) is 11.5 Å². The van der Waals surface area contributed by atoms with Crippen LogP contribution in [0.1, 0.15) is 5.56 Å². The fourth-order valence-corrected chi connectivity index (χ4v) is 2.26. The molecule has 0 saturated heterocycles. The summed E-state index contributed by atoms with van der Waals surface area (Å²) in [6.07, 6.45) is 0.121. The Kier molecular flexibility index (Phi) is 6.22. The molecule has 132 valence electrons. The number of urea groups is 1. The Bertz CT molecular complexity index is 734. The van der Waals surface area contributed by atoms with Crippen LogP contribution in [0, 0.1) is 0 Å². The minimum absolute atomic E-state index is 0.121. The van der Waals surface area contributed by atoms with Gasteiger partial charge in [-0.2, -0.15) is 0 Å². The van der Waals surface area contributed by atoms with E-state index < -0.39 is 18.0 Å². The number of hydrogen-bond acceptors (Lipinski definition) is 5. The van der Waals surface area contributed by atoms with Gasteiger partial charge in [0.25, 0.3) is 0 Å². The number of carboxylic acid groups (broad SMARTS) is 1. The number of carboxylic acids is 1. The average Bonchev–Trinajstić information content (AvgIpc) is 2.62. The topological polar surface area (TPSA) is 99.7 Å². The minimum Gasteiger partial charge on any atom is -0.548 e. The molecule has 2 N–H and O–H groups in total. The van der Waals surface area contributed by atoms with Crippen LogP contribution in [-0.2, 0) is 11.2 Å². The summed E-state index contributed by atoms with van der Waals surface area (Å²) in [7, 11) is 2.97. The Labute approximate surface area is 145 Å². The van der Waals surface area contributed by atoms with Gasteiger partial charge in [-0.25, -0.2) is 4.79 Å². The number of nitrogens with one attached hydrogen (secondary N) is 2. The van der Waals surface area contributed by atoms with E-state index in [1.165, 1.54) is 14.2 Å². The second-order valence-electron chi connectivity index (χ2n) is 5.23. The maximum absolute atomic E-state index is 12.1. The van der Waals surface area contributed by atoms with Crippen LogP contribution in [0.25, 0.3) is 0 Å². The van der Waals surface area contributed by atoms with Crippen molar-refractivity contribution in [2.45, 2.75) is 12.5 Å². The zero-order chi connectivity index (χ0) is 18.2. The van der Waals surface area contributed by atoms with Crippen molar-refractivity contribution >= 4 is 17.7 Å². The normalized spacial score (nSPS) is 11.3. The molecule has 1 atom stereocenters. The quantitative estimate of drug-likeness (QED) is 0.786. The first-order valence-electron chi connectivity index (χ1n) is 7.57. The summed E-state index contributed by atoms with van der Waals surface area (Å²) in [5, 5.41) is 16.3. The summed E-state index contributed by atoms with van der Waals surface area (Å²) < 4.78 is 10.3. The zero-order valence-corrected chi connectivity index (χ0v) is 13.9. The van der Waals surface area contributed by atoms with Crippen LogP contribution in [0.4, 0.5) is 10.5 Å². The second-order valence-corrected chi connectivity index (χ2v) is 5.23. The van der Waals surface area contributed by atoms with E-state index >= 15 is 0 Å². The summed E-state index contributed by atoms with van der Waals surface area (Å²) in [5.41, 5.74) is 1.16. The van der Waals surface area contributed by atoms with Crippen LogP contribution in [0.2, 0.25) is 0 Å². The number of rotatable bonds is 7. The third-order valence-electron chi connectivity index (χ3n) is 3.53. The molecule has 7 heteroatoms. The molecule has 0 spiro atoms. The summed E-state index contributed by atoms with van der Waals surface area (Å²) in [4.78, 5) is 23.4. The van der Waals surface area contributed by atoms with E-state index in [1.54, 1.807) is 42.5 Å². The maximum Gasteiger partial charge on any atom is 0.319 e. The van der Waals surface area contributed by atoms with Gasteiger partial charge in [-0.05, 0) is 24.1 Å². The first-order chi connectivity index (χ1) is 12.0. The fraction of sp³-hybridized carbons (Fsp3) is 0.222. The van der Waals surface area contributed by atoms with E-state index in [1.807, 2.05) is 6.07 Å². The van der Waals surface area contributed by atoms with E-state index in [0.29, 0.717) is 17.2 Å². The number of methoxy groups -OCH3 is 2. The number of carbonyl (C=O) groups excluding carboxylic acids is 2. The third kappa shape index (κ3) is 5.13. The van der Waals surface area contributed by atoms with Gasteiger partial charge in [-0.1, -0.05) is 30.3 Å². The number of anilines is 1. The highest BCUT2D eigenvalue weighted by atomic mass is 16.5. The third-order valence-corrected chi connectivity index (χ3v) is 3.53. The summed E-state index contributed by atoms with van der Waals surface area (Å²) >= 11 is 0. The van der Waals surface area contributed by atoms with Crippen LogP contribution in [0.15, 0.2) is 48.5 Å². The van der Waals surface area contributed by atoms with Crippen molar-refractivity contribution < 1.29 is 24.2 Å². The highest BCUT2D eigenvalue weighted by molar-refractivity contribution is 5.93. The number of ether oxygens (including phenoxy) is 2. The first-order valence-corrected chi connectivity index (χ1v) is 7.57. The number of hydrogen-bond donors (Lipinski definition) is 2. The number of benzene rings is 2. The molecule has 2 aromatic rings. The van der Waals surface area contributed by atoms with Gasteiger partial charge in [0.1, 0.15) is 11.5 Å². The summed E-state index contributed by atoms with van der Waals surface area (Å²) in [5.74, 6) is -0.400. The molecule has 0 aliphatic carbocycles. The van der Waals surface area contributed by atoms with Crippen molar-refractivity contribution in [2.24, 2.45) is 0 Å². The van der Waals surface area contributed by atoms with Crippen molar-refractivity contribution in [3.63, 3.8) is 0 Å². The molecule has 0 fully saturated rings. The van der Waals surface area contributed by atoms with Gasteiger partial charge < -0.3 is 30.0 Å². The van der Waals surface area contributed by atoms with Crippen molar-refractivity contribution in [1.82, 2.24) is 5.32 Å². The molecule has 0 bridgehead atoms. The Morgan fingerprint density at radius 2 is 1.80 bits per heavy atom. The predicted octanol–water partition coefficient (Wildman–Crippen LogP) is 1.19. The van der Waals surface area contributed by atoms with E-state index in [9.17, 15) is 14.7 Å². The summed E-state index contributed by atoms with van der Waals surface area (Å²) in [6.45, 7) is 0. The monoisotopic (exact) mass is 343 g/mol. The van der Waals surface area contributed by atoms with Gasteiger partial charge in [0.05, 0.1) is 31.9 Å². The lowest BCUT2D eigenvalue weighted by atomic mass is 10.1. The molecule has 7 nitrogen and oxygen atoms in total. The number of carbonyl (C=O) groups is 2. The van der Waals surface area contributed by atoms with Crippen LogP contribution in [0.3, 0.4) is 0 Å². The highest BCUT2D eigenvalue weighted by Gasteiger charge is 2.16. The van der Waals surface area contributed by atoms with E-state index in [-0.39, 0.29) is 6.42 Å². The van der Waals surface area contributed by atoms with Gasteiger partial charge in [0.2, 0.25) is 0 Å². The van der Waals surface area contributed by atoms with E-state index in [0.717, 1.165) is 5.56 Å². The van der Waals surface area contributed by atoms with Gasteiger partial charge in [0.15, 0.2) is 0 Å². The highest BCUT2D eigenvalue weighted by Crippen LogP contribution is 2.28. The Morgan fingerprint density at radius 1 is 1.08 bits per heavy atom. The van der Waals surface area contributed by atoms with E-state index in [2.05, 4.69) is 10.6 Å². The first kappa shape index (κ1) is 18.1. The predicted molar refractivity (Wildman–Crippen MR) is 90.6 cm³/mol. The van der Waals surface area contributed by atoms with Crippen molar-refractivity contribution in [2.75, 3.05) is 19.5 Å². The van der Waals surface area contributed by atoms with Gasteiger partial charge >= 0.3 is 6.03 Å². The van der Waals surface area contributed by atoms with Gasteiger partial charge in [0, 0.05) is 6.07 Å². The molecule has 0 saturated carbocycles. The van der Waals surface area contributed by atoms with Gasteiger partial charge in [-0.15, -0.1) is 0 Å². The van der Waals surface area contributed by atoms with Crippen LogP contribution in [-0.4, -0.2) is 32.3 Å². The second kappa shape index (κ2) is 8.58.